The standard InChI is InChI=1S/C22H29NO.HI/c1-18-7-6-10-22(17-18)24-16-15-23-13-11-21(12-14-23)19(2)20-8-4-3-5-9-20;/h3-10,17,19,21H,11-16H2,1-2H3;1H. The van der Waals surface area contributed by atoms with Crippen molar-refractivity contribution in [2.45, 2.75) is 32.6 Å². The molecule has 1 saturated heterocycles. The second kappa shape index (κ2) is 10.2. The van der Waals surface area contributed by atoms with Crippen LogP contribution in [0.5, 0.6) is 5.75 Å². The van der Waals surface area contributed by atoms with Gasteiger partial charge in [-0.25, -0.2) is 0 Å². The van der Waals surface area contributed by atoms with E-state index in [9.17, 15) is 0 Å². The maximum absolute atomic E-state index is 5.91. The van der Waals surface area contributed by atoms with E-state index < -0.39 is 0 Å². The number of rotatable bonds is 6. The average Bonchev–Trinajstić information content (AvgIpc) is 2.63. The fourth-order valence-corrected chi connectivity index (χ4v) is 3.85. The number of likely N-dealkylation sites (tertiary alicyclic amines) is 1. The molecule has 0 bridgehead atoms. The molecule has 1 N–H and O–H groups in total. The highest BCUT2D eigenvalue weighted by Gasteiger charge is 2.26. The molecule has 1 atom stereocenters. The summed E-state index contributed by atoms with van der Waals surface area (Å²) >= 11 is 0. The first-order valence-electron chi connectivity index (χ1n) is 9.30. The highest BCUT2D eigenvalue weighted by molar-refractivity contribution is 5.27. The smallest absolute Gasteiger partial charge is 0.137 e. The predicted molar refractivity (Wildman–Crippen MR) is 99.8 cm³/mol. The molecule has 1 aliphatic heterocycles. The van der Waals surface area contributed by atoms with Crippen molar-refractivity contribution in [3.8, 4) is 5.75 Å². The zero-order valence-electron chi connectivity index (χ0n) is 15.4. The van der Waals surface area contributed by atoms with E-state index in [0.29, 0.717) is 5.92 Å². The molecule has 0 aliphatic carbocycles. The lowest BCUT2D eigenvalue weighted by atomic mass is 9.81. The van der Waals surface area contributed by atoms with E-state index in [1.54, 1.807) is 4.90 Å². The zero-order valence-corrected chi connectivity index (χ0v) is 17.5. The molecule has 2 aromatic carbocycles. The Balaban J connectivity index is 0.00000225. The lowest BCUT2D eigenvalue weighted by Gasteiger charge is -2.32. The van der Waals surface area contributed by atoms with Crippen molar-refractivity contribution < 1.29 is 33.6 Å². The maximum Gasteiger partial charge on any atom is 0.137 e. The fourth-order valence-electron chi connectivity index (χ4n) is 3.85. The molecule has 0 amide bonds. The molecule has 1 heterocycles. The van der Waals surface area contributed by atoms with Crippen molar-refractivity contribution in [1.82, 2.24) is 0 Å². The minimum absolute atomic E-state index is 0. The SMILES string of the molecule is Cc1cccc(OCC[NH+]2CCC(C(C)c3ccccc3)CC2)c1.[I-]. The zero-order chi connectivity index (χ0) is 16.8. The molecule has 2 aromatic rings. The van der Waals surface area contributed by atoms with E-state index in [-0.39, 0.29) is 24.0 Å². The van der Waals surface area contributed by atoms with Gasteiger partial charge in [0, 0.05) is 12.8 Å². The van der Waals surface area contributed by atoms with E-state index in [4.69, 9.17) is 4.74 Å². The van der Waals surface area contributed by atoms with Crippen LogP contribution in [0, 0.1) is 12.8 Å². The van der Waals surface area contributed by atoms with Crippen LogP contribution in [0.3, 0.4) is 0 Å². The maximum atomic E-state index is 5.91. The van der Waals surface area contributed by atoms with E-state index in [1.165, 1.54) is 37.1 Å². The lowest BCUT2D eigenvalue weighted by molar-refractivity contribution is -0.906. The molecular formula is C22H30INO. The topological polar surface area (TPSA) is 13.7 Å². The molecule has 2 nitrogen and oxygen atoms in total. The normalized spacial score (nSPS) is 21.2. The van der Waals surface area contributed by atoms with Gasteiger partial charge in [-0.2, -0.15) is 0 Å². The third-order valence-corrected chi connectivity index (χ3v) is 5.48. The van der Waals surface area contributed by atoms with Gasteiger partial charge in [0.1, 0.15) is 18.9 Å². The number of hydrogen-bond donors (Lipinski definition) is 1. The minimum atomic E-state index is 0. The highest BCUT2D eigenvalue weighted by atomic mass is 127. The van der Waals surface area contributed by atoms with Crippen molar-refractivity contribution in [3.63, 3.8) is 0 Å². The number of hydrogen-bond acceptors (Lipinski definition) is 1. The van der Waals surface area contributed by atoms with Gasteiger partial charge in [0.15, 0.2) is 0 Å². The summed E-state index contributed by atoms with van der Waals surface area (Å²) in [4.78, 5) is 1.69. The Morgan fingerprint density at radius 3 is 2.44 bits per heavy atom. The van der Waals surface area contributed by atoms with Crippen molar-refractivity contribution in [2.75, 3.05) is 26.2 Å². The Hall–Kier alpha value is -1.07. The van der Waals surface area contributed by atoms with Gasteiger partial charge >= 0.3 is 0 Å². The number of piperidine rings is 1. The number of nitrogens with one attached hydrogen (secondary N) is 1. The number of halogens is 1. The highest BCUT2D eigenvalue weighted by Crippen LogP contribution is 2.29. The molecule has 136 valence electrons. The summed E-state index contributed by atoms with van der Waals surface area (Å²) in [5, 5.41) is 0. The van der Waals surface area contributed by atoms with E-state index in [1.807, 2.05) is 0 Å². The molecule has 3 rings (SSSR count). The van der Waals surface area contributed by atoms with E-state index >= 15 is 0 Å². The van der Waals surface area contributed by atoms with Crippen LogP contribution in [0.4, 0.5) is 0 Å². The van der Waals surface area contributed by atoms with Gasteiger partial charge in [-0.05, 0) is 42.0 Å². The molecule has 0 spiro atoms. The van der Waals surface area contributed by atoms with Crippen molar-refractivity contribution in [1.29, 1.82) is 0 Å². The van der Waals surface area contributed by atoms with Crippen LogP contribution >= 0.6 is 0 Å². The van der Waals surface area contributed by atoms with Crippen molar-refractivity contribution >= 4 is 0 Å². The second-order valence-corrected chi connectivity index (χ2v) is 7.20. The van der Waals surface area contributed by atoms with Gasteiger partial charge < -0.3 is 33.6 Å². The van der Waals surface area contributed by atoms with Crippen LogP contribution < -0.4 is 33.6 Å². The fraction of sp³-hybridized carbons (Fsp3) is 0.455. The van der Waals surface area contributed by atoms with Crippen LogP contribution in [0.2, 0.25) is 0 Å². The lowest BCUT2D eigenvalue weighted by Crippen LogP contribution is -3.13. The van der Waals surface area contributed by atoms with Gasteiger partial charge in [0.25, 0.3) is 0 Å². The van der Waals surface area contributed by atoms with Gasteiger partial charge in [-0.1, -0.05) is 49.4 Å². The molecule has 0 aromatic heterocycles. The third kappa shape index (κ3) is 6.00. The van der Waals surface area contributed by atoms with Crippen LogP contribution in [0.1, 0.15) is 36.8 Å². The van der Waals surface area contributed by atoms with E-state index in [0.717, 1.165) is 24.8 Å². The number of quaternary nitrogens is 1. The molecule has 1 unspecified atom stereocenters. The second-order valence-electron chi connectivity index (χ2n) is 7.20. The average molecular weight is 451 g/mol. The minimum Gasteiger partial charge on any atom is -1.00 e. The summed E-state index contributed by atoms with van der Waals surface area (Å²) in [5.74, 6) is 2.51. The largest absolute Gasteiger partial charge is 1.00 e. The van der Waals surface area contributed by atoms with Gasteiger partial charge in [-0.15, -0.1) is 0 Å². The summed E-state index contributed by atoms with van der Waals surface area (Å²) in [6.07, 6.45) is 2.66. The Kier molecular flexibility index (Phi) is 8.24. The quantitative estimate of drug-likeness (QED) is 0.631. The molecule has 1 fully saturated rings. The Morgan fingerprint density at radius 1 is 1.04 bits per heavy atom. The first kappa shape index (κ1) is 20.2. The molecule has 1 aliphatic rings. The summed E-state index contributed by atoms with van der Waals surface area (Å²) < 4.78 is 5.91. The number of benzene rings is 2. The number of aryl methyl sites for hydroxylation is 1. The summed E-state index contributed by atoms with van der Waals surface area (Å²) in [7, 11) is 0. The van der Waals surface area contributed by atoms with Gasteiger partial charge in [-0.3, -0.25) is 0 Å². The Bertz CT molecular complexity index is 623. The first-order valence-corrected chi connectivity index (χ1v) is 9.30. The summed E-state index contributed by atoms with van der Waals surface area (Å²) in [6, 6.07) is 19.3. The van der Waals surface area contributed by atoms with Gasteiger partial charge in [0.2, 0.25) is 0 Å². The predicted octanol–water partition coefficient (Wildman–Crippen LogP) is 0.476. The van der Waals surface area contributed by atoms with Crippen LogP contribution in [-0.4, -0.2) is 26.2 Å². The van der Waals surface area contributed by atoms with Crippen molar-refractivity contribution in [3.05, 3.63) is 65.7 Å². The number of ether oxygens (including phenoxy) is 1. The molecular weight excluding hydrogens is 421 g/mol. The monoisotopic (exact) mass is 451 g/mol. The Morgan fingerprint density at radius 2 is 1.76 bits per heavy atom. The molecule has 25 heavy (non-hydrogen) atoms. The molecule has 0 radical (unpaired) electrons. The summed E-state index contributed by atoms with van der Waals surface area (Å²) in [6.45, 7) is 8.98. The van der Waals surface area contributed by atoms with Crippen LogP contribution in [-0.2, 0) is 0 Å². The van der Waals surface area contributed by atoms with Crippen LogP contribution in [0.25, 0.3) is 0 Å². The Labute approximate surface area is 169 Å². The molecule has 3 heteroatoms. The third-order valence-electron chi connectivity index (χ3n) is 5.48. The summed E-state index contributed by atoms with van der Waals surface area (Å²) in [5.41, 5.74) is 2.75. The molecule has 0 saturated carbocycles. The van der Waals surface area contributed by atoms with Crippen molar-refractivity contribution in [2.24, 2.45) is 5.92 Å². The van der Waals surface area contributed by atoms with E-state index in [2.05, 4.69) is 68.4 Å². The van der Waals surface area contributed by atoms with Gasteiger partial charge in [0.05, 0.1) is 13.1 Å². The van der Waals surface area contributed by atoms with Crippen LogP contribution in [0.15, 0.2) is 54.6 Å². The first-order chi connectivity index (χ1) is 11.7.